The first-order valence-electron chi connectivity index (χ1n) is 10.4. The van der Waals surface area contributed by atoms with Gasteiger partial charge >= 0.3 is 0 Å². The summed E-state index contributed by atoms with van der Waals surface area (Å²) < 4.78 is 38.4. The van der Waals surface area contributed by atoms with Gasteiger partial charge in [-0.15, -0.1) is 0 Å². The number of rotatable bonds is 6. The van der Waals surface area contributed by atoms with Gasteiger partial charge in [-0.1, -0.05) is 6.07 Å². The van der Waals surface area contributed by atoms with E-state index < -0.39 is 11.6 Å². The van der Waals surface area contributed by atoms with Crippen molar-refractivity contribution < 1.29 is 18.3 Å². The maximum Gasteiger partial charge on any atom is 0.169 e. The van der Waals surface area contributed by atoms with Gasteiger partial charge in [0, 0.05) is 11.6 Å². The van der Waals surface area contributed by atoms with Gasteiger partial charge in [-0.05, 0) is 36.4 Å². The van der Waals surface area contributed by atoms with Crippen molar-refractivity contribution >= 4 is 6.21 Å². The summed E-state index contributed by atoms with van der Waals surface area (Å²) in [5, 5.41) is 14.8. The van der Waals surface area contributed by atoms with E-state index in [1.54, 1.807) is 31.5 Å². The molecule has 2 aromatic heterocycles. The maximum absolute atomic E-state index is 14.1. The number of ether oxygens (including phenoxy) is 2. The molecule has 0 spiro atoms. The van der Waals surface area contributed by atoms with Crippen molar-refractivity contribution in [2.75, 3.05) is 14.2 Å². The second kappa shape index (κ2) is 8.89. The van der Waals surface area contributed by atoms with E-state index >= 15 is 0 Å². The fourth-order valence-corrected chi connectivity index (χ4v) is 3.71. The first kappa shape index (κ1) is 21.5. The molecule has 1 N–H and O–H groups in total. The minimum Gasteiger partial charge on any atom is -0.497 e. The van der Waals surface area contributed by atoms with Crippen molar-refractivity contribution in [1.29, 1.82) is 0 Å². The Morgan fingerprint density at radius 3 is 2.65 bits per heavy atom. The van der Waals surface area contributed by atoms with Crippen molar-refractivity contribution in [2.45, 2.75) is 13.1 Å². The lowest BCUT2D eigenvalue weighted by Gasteiger charge is -2.20. The molecule has 2 aromatic carbocycles. The molecule has 0 aliphatic carbocycles. The second-order valence-corrected chi connectivity index (χ2v) is 7.59. The Hall–Kier alpha value is -4.34. The largest absolute Gasteiger partial charge is 0.497 e. The smallest absolute Gasteiger partial charge is 0.169 e. The normalized spacial score (nSPS) is 12.5. The number of hydrogen-bond acceptors (Lipinski definition) is 7. The third-order valence-electron chi connectivity index (χ3n) is 5.45. The summed E-state index contributed by atoms with van der Waals surface area (Å²) in [6.07, 6.45) is 1.58. The number of fused-ring (bicyclic) bond motifs is 1. The Morgan fingerprint density at radius 1 is 1.00 bits per heavy atom. The average molecular weight is 462 g/mol. The number of imidazole rings is 1. The molecule has 0 atom stereocenters. The molecule has 0 fully saturated rings. The topological polar surface area (TPSA) is 88.5 Å². The highest BCUT2D eigenvalue weighted by Gasteiger charge is 2.20. The van der Waals surface area contributed by atoms with Gasteiger partial charge in [0.2, 0.25) is 0 Å². The zero-order chi connectivity index (χ0) is 23.7. The average Bonchev–Trinajstić information content (AvgIpc) is 3.29. The molecule has 5 rings (SSSR count). The molecule has 3 heterocycles. The molecule has 0 amide bonds. The van der Waals surface area contributed by atoms with Gasteiger partial charge in [0.15, 0.2) is 11.6 Å². The minimum absolute atomic E-state index is 0.0739. The molecule has 34 heavy (non-hydrogen) atoms. The fraction of sp³-hybridized carbons (Fsp3) is 0.167. The van der Waals surface area contributed by atoms with Crippen LogP contribution >= 0.6 is 0 Å². The number of nitrogens with zero attached hydrogens (tertiary/aromatic N) is 5. The number of H-pyrrole nitrogens is 1. The van der Waals surface area contributed by atoms with E-state index in [9.17, 15) is 8.78 Å². The van der Waals surface area contributed by atoms with Crippen LogP contribution in [-0.4, -0.2) is 45.6 Å². The number of benzene rings is 2. The number of nitrogens with one attached hydrogen (secondary N) is 1. The van der Waals surface area contributed by atoms with Gasteiger partial charge in [0.1, 0.15) is 23.0 Å². The third kappa shape index (κ3) is 4.05. The van der Waals surface area contributed by atoms with E-state index in [1.165, 1.54) is 12.1 Å². The minimum atomic E-state index is -0.939. The summed E-state index contributed by atoms with van der Waals surface area (Å²) in [7, 11) is 3.19. The van der Waals surface area contributed by atoms with Crippen molar-refractivity contribution in [2.24, 2.45) is 5.10 Å². The fourth-order valence-electron chi connectivity index (χ4n) is 3.71. The number of methoxy groups -OCH3 is 2. The van der Waals surface area contributed by atoms with Gasteiger partial charge in [-0.2, -0.15) is 15.3 Å². The second-order valence-electron chi connectivity index (χ2n) is 7.59. The first-order valence-corrected chi connectivity index (χ1v) is 10.4. The van der Waals surface area contributed by atoms with E-state index in [2.05, 4.69) is 25.3 Å². The van der Waals surface area contributed by atoms with Crippen molar-refractivity contribution in [3.8, 4) is 34.1 Å². The van der Waals surface area contributed by atoms with Gasteiger partial charge in [0.25, 0.3) is 0 Å². The summed E-state index contributed by atoms with van der Waals surface area (Å²) >= 11 is 0. The summed E-state index contributed by atoms with van der Waals surface area (Å²) in [5.74, 6) is -0.274. The van der Waals surface area contributed by atoms with Crippen LogP contribution in [0.5, 0.6) is 11.5 Å². The maximum atomic E-state index is 14.1. The predicted octanol–water partition coefficient (Wildman–Crippen LogP) is 4.18. The Kier molecular flexibility index (Phi) is 5.62. The molecule has 0 radical (unpaired) electrons. The molecule has 8 nitrogen and oxygen atoms in total. The Balaban J connectivity index is 1.31. The first-order chi connectivity index (χ1) is 16.6. The van der Waals surface area contributed by atoms with E-state index in [0.29, 0.717) is 41.7 Å². The Labute approximate surface area is 193 Å². The van der Waals surface area contributed by atoms with Crippen LogP contribution in [0, 0.1) is 11.6 Å². The summed E-state index contributed by atoms with van der Waals surface area (Å²) in [6.45, 7) is 0.817. The zero-order valence-electron chi connectivity index (χ0n) is 18.4. The molecular formula is C24H20F2N6O2. The van der Waals surface area contributed by atoms with Crippen molar-refractivity contribution in [1.82, 2.24) is 25.2 Å². The summed E-state index contributed by atoms with van der Waals surface area (Å²) in [4.78, 5) is 7.43. The van der Waals surface area contributed by atoms with Crippen LogP contribution < -0.4 is 9.47 Å². The van der Waals surface area contributed by atoms with Gasteiger partial charge < -0.3 is 14.5 Å². The lowest BCUT2D eigenvalue weighted by molar-refractivity contribution is 0.261. The molecule has 172 valence electrons. The summed E-state index contributed by atoms with van der Waals surface area (Å²) in [5.41, 5.74) is 3.60. The Morgan fingerprint density at radius 2 is 1.88 bits per heavy atom. The quantitative estimate of drug-likeness (QED) is 0.463. The number of aromatic nitrogens is 4. The predicted molar refractivity (Wildman–Crippen MR) is 121 cm³/mol. The molecule has 1 aliphatic rings. The van der Waals surface area contributed by atoms with E-state index in [0.717, 1.165) is 17.3 Å². The van der Waals surface area contributed by atoms with Gasteiger partial charge in [0.05, 0.1) is 56.2 Å². The number of aromatic amines is 1. The molecular weight excluding hydrogens is 442 g/mol. The van der Waals surface area contributed by atoms with Crippen LogP contribution in [0.15, 0.2) is 53.6 Å². The molecule has 0 saturated heterocycles. The van der Waals surface area contributed by atoms with Gasteiger partial charge in [-0.25, -0.2) is 13.8 Å². The van der Waals surface area contributed by atoms with Crippen molar-refractivity contribution in [3.63, 3.8) is 0 Å². The Bertz CT molecular complexity index is 1370. The van der Waals surface area contributed by atoms with Crippen LogP contribution in [0.4, 0.5) is 8.78 Å². The molecule has 1 aliphatic heterocycles. The highest BCUT2D eigenvalue weighted by molar-refractivity contribution is 5.80. The molecule has 0 saturated carbocycles. The van der Waals surface area contributed by atoms with E-state index in [4.69, 9.17) is 9.47 Å². The van der Waals surface area contributed by atoms with Crippen LogP contribution in [0.25, 0.3) is 22.6 Å². The molecule has 10 heteroatoms. The standard InChI is InChI=1S/C24H20F2N6O2/c1-33-15-7-8-16(22(10-15)34-2)19-9-6-14(30-31-19)12-32-13-21-20(11-27-32)28-24(29-21)17-4-3-5-18(25)23(17)26/h3-11H,12-13H2,1-2H3,(H,28,29). The zero-order valence-corrected chi connectivity index (χ0v) is 18.4. The highest BCUT2D eigenvalue weighted by Crippen LogP contribution is 2.32. The molecule has 4 aromatic rings. The van der Waals surface area contributed by atoms with Crippen LogP contribution in [0.3, 0.4) is 0 Å². The third-order valence-corrected chi connectivity index (χ3v) is 5.45. The van der Waals surface area contributed by atoms with Crippen LogP contribution in [-0.2, 0) is 13.1 Å². The van der Waals surface area contributed by atoms with E-state index in [1.807, 2.05) is 24.3 Å². The van der Waals surface area contributed by atoms with E-state index in [-0.39, 0.29) is 11.4 Å². The van der Waals surface area contributed by atoms with Crippen molar-refractivity contribution in [3.05, 3.63) is 77.2 Å². The number of hydrazone groups is 1. The lowest BCUT2D eigenvalue weighted by Crippen LogP contribution is -2.22. The lowest BCUT2D eigenvalue weighted by atomic mass is 10.1. The SMILES string of the molecule is COc1ccc(-c2ccc(CN3Cc4[nH]c(-c5cccc(F)c5F)nc4C=N3)nn2)c(OC)c1. The summed E-state index contributed by atoms with van der Waals surface area (Å²) in [6, 6.07) is 13.2. The van der Waals surface area contributed by atoms with Gasteiger partial charge in [-0.3, -0.25) is 5.01 Å². The molecule has 0 bridgehead atoms. The number of halogens is 2. The molecule has 0 unspecified atom stereocenters. The highest BCUT2D eigenvalue weighted by atomic mass is 19.2. The van der Waals surface area contributed by atoms with Crippen LogP contribution in [0.1, 0.15) is 17.1 Å². The monoisotopic (exact) mass is 462 g/mol. The number of hydrogen-bond donors (Lipinski definition) is 1. The van der Waals surface area contributed by atoms with Crippen LogP contribution in [0.2, 0.25) is 0 Å².